The number of aromatic nitrogens is 2. The molecule has 0 aliphatic carbocycles. The molecule has 7 nitrogen and oxygen atoms in total. The van der Waals surface area contributed by atoms with Crippen LogP contribution in [0.4, 0.5) is 5.82 Å². The third-order valence-corrected chi connectivity index (χ3v) is 5.53. The van der Waals surface area contributed by atoms with Crippen molar-refractivity contribution in [3.8, 4) is 5.75 Å². The zero-order chi connectivity index (χ0) is 18.1. The molecule has 1 atom stereocenters. The number of nitrogens with zero attached hydrogens (tertiary/aromatic N) is 3. The van der Waals surface area contributed by atoms with Crippen molar-refractivity contribution in [2.45, 2.75) is 25.4 Å². The molecule has 1 aromatic carbocycles. The van der Waals surface area contributed by atoms with E-state index < -0.39 is 15.3 Å². The van der Waals surface area contributed by atoms with Gasteiger partial charge in [-0.1, -0.05) is 6.07 Å². The van der Waals surface area contributed by atoms with Crippen molar-refractivity contribution in [2.24, 2.45) is 0 Å². The molecule has 1 saturated heterocycles. The molecular weight excluding hydrogens is 340 g/mol. The summed E-state index contributed by atoms with van der Waals surface area (Å²) in [6.45, 7) is 3.69. The lowest BCUT2D eigenvalue weighted by atomic mass is 9.93. The van der Waals surface area contributed by atoms with Gasteiger partial charge in [0.1, 0.15) is 23.4 Å². The molecule has 136 valence electrons. The largest absolute Gasteiger partial charge is 0.492 e. The second-order valence-electron chi connectivity index (χ2n) is 6.64. The molecule has 3 rings (SSSR count). The number of hydrogen-bond donors (Lipinski definition) is 2. The number of anilines is 1. The number of rotatable bonds is 5. The van der Waals surface area contributed by atoms with Gasteiger partial charge in [-0.15, -0.1) is 0 Å². The van der Waals surface area contributed by atoms with Crippen molar-refractivity contribution >= 4 is 26.4 Å². The Morgan fingerprint density at radius 3 is 2.72 bits per heavy atom. The summed E-state index contributed by atoms with van der Waals surface area (Å²) in [5, 5.41) is 11.5. The molecule has 0 bridgehead atoms. The fraction of sp³-hybridized carbons (Fsp3) is 0.529. The maximum atomic E-state index is 11.7. The molecule has 1 aromatic heterocycles. The highest BCUT2D eigenvalue weighted by molar-refractivity contribution is 7.91. The maximum absolute atomic E-state index is 11.7. The van der Waals surface area contributed by atoms with E-state index in [2.05, 4.69) is 14.9 Å². The summed E-state index contributed by atoms with van der Waals surface area (Å²) >= 11 is 0. The van der Waals surface area contributed by atoms with Crippen LogP contribution in [0.5, 0.6) is 5.75 Å². The standard InChI is InChI=1S/C17H24N4O3S/c1-3-24-14-6-4-5-13-15(14)19-12-20-16(13)21-9-7-17(22,8-10-21)11-25(2,18)23/h4-6,12,18,22H,3,7-11H2,1-2H3. The van der Waals surface area contributed by atoms with Crippen LogP contribution in [0.15, 0.2) is 24.5 Å². The molecule has 0 spiro atoms. The maximum Gasteiger partial charge on any atom is 0.145 e. The molecule has 8 heteroatoms. The first-order valence-electron chi connectivity index (χ1n) is 8.37. The van der Waals surface area contributed by atoms with Gasteiger partial charge in [-0.25, -0.2) is 9.97 Å². The zero-order valence-electron chi connectivity index (χ0n) is 14.6. The second-order valence-corrected chi connectivity index (χ2v) is 8.94. The van der Waals surface area contributed by atoms with Crippen LogP contribution in [-0.4, -0.2) is 56.6 Å². The SMILES string of the molecule is CCOc1cccc2c(N3CCC(O)(CS(C)(=N)=O)CC3)ncnc12. The smallest absolute Gasteiger partial charge is 0.145 e. The molecular formula is C17H24N4O3S. The Morgan fingerprint density at radius 2 is 2.08 bits per heavy atom. The molecule has 0 radical (unpaired) electrons. The zero-order valence-corrected chi connectivity index (χ0v) is 15.4. The summed E-state index contributed by atoms with van der Waals surface area (Å²) in [6, 6.07) is 5.78. The lowest BCUT2D eigenvalue weighted by molar-refractivity contribution is 0.0389. The van der Waals surface area contributed by atoms with Gasteiger partial charge >= 0.3 is 0 Å². The average Bonchev–Trinajstić information content (AvgIpc) is 2.54. The van der Waals surface area contributed by atoms with Crippen molar-refractivity contribution in [1.82, 2.24) is 9.97 Å². The number of para-hydroxylation sites is 1. The van der Waals surface area contributed by atoms with Crippen molar-refractivity contribution < 1.29 is 14.1 Å². The van der Waals surface area contributed by atoms with E-state index >= 15 is 0 Å². The summed E-state index contributed by atoms with van der Waals surface area (Å²) < 4.78 is 25.0. The van der Waals surface area contributed by atoms with Crippen molar-refractivity contribution in [2.75, 3.05) is 36.6 Å². The van der Waals surface area contributed by atoms with E-state index in [0.717, 1.165) is 22.5 Å². The number of piperidine rings is 1. The Morgan fingerprint density at radius 1 is 1.36 bits per heavy atom. The van der Waals surface area contributed by atoms with Crippen LogP contribution in [-0.2, 0) is 9.73 Å². The van der Waals surface area contributed by atoms with Crippen LogP contribution in [0, 0.1) is 4.78 Å². The molecule has 2 aromatic rings. The van der Waals surface area contributed by atoms with Gasteiger partial charge in [0.25, 0.3) is 0 Å². The Kier molecular flexibility index (Phi) is 4.83. The van der Waals surface area contributed by atoms with E-state index in [1.165, 1.54) is 12.6 Å². The van der Waals surface area contributed by atoms with E-state index in [4.69, 9.17) is 9.52 Å². The quantitative estimate of drug-likeness (QED) is 0.842. The predicted molar refractivity (Wildman–Crippen MR) is 98.8 cm³/mol. The fourth-order valence-electron chi connectivity index (χ4n) is 3.36. The van der Waals surface area contributed by atoms with E-state index in [1.807, 2.05) is 25.1 Å². The highest BCUT2D eigenvalue weighted by Crippen LogP contribution is 2.33. The second kappa shape index (κ2) is 6.76. The molecule has 2 N–H and O–H groups in total. The lowest BCUT2D eigenvalue weighted by Crippen LogP contribution is -2.48. The predicted octanol–water partition coefficient (Wildman–Crippen LogP) is 2.04. The van der Waals surface area contributed by atoms with Gasteiger partial charge in [0.2, 0.25) is 0 Å². The van der Waals surface area contributed by atoms with Gasteiger partial charge in [-0.3, -0.25) is 8.99 Å². The van der Waals surface area contributed by atoms with Crippen LogP contribution in [0.25, 0.3) is 10.9 Å². The van der Waals surface area contributed by atoms with E-state index in [-0.39, 0.29) is 5.75 Å². The highest BCUT2D eigenvalue weighted by atomic mass is 32.2. The van der Waals surface area contributed by atoms with Crippen LogP contribution < -0.4 is 9.64 Å². The topological polar surface area (TPSA) is 99.4 Å². The number of hydrogen-bond acceptors (Lipinski definition) is 7. The van der Waals surface area contributed by atoms with Gasteiger partial charge in [0.05, 0.1) is 18.0 Å². The minimum atomic E-state index is -2.72. The summed E-state index contributed by atoms with van der Waals surface area (Å²) in [4.78, 5) is 10.9. The monoisotopic (exact) mass is 364 g/mol. The van der Waals surface area contributed by atoms with Crippen LogP contribution >= 0.6 is 0 Å². The summed E-state index contributed by atoms with van der Waals surface area (Å²) in [6.07, 6.45) is 3.84. The van der Waals surface area contributed by atoms with E-state index in [0.29, 0.717) is 32.5 Å². The van der Waals surface area contributed by atoms with Crippen molar-refractivity contribution in [1.29, 1.82) is 4.78 Å². The Hall–Kier alpha value is -1.93. The molecule has 1 aliphatic rings. The van der Waals surface area contributed by atoms with Gasteiger partial charge in [-0.2, -0.15) is 0 Å². The highest BCUT2D eigenvalue weighted by Gasteiger charge is 2.35. The molecule has 0 saturated carbocycles. The fourth-order valence-corrected chi connectivity index (χ4v) is 4.68. The Balaban J connectivity index is 1.86. The average molecular weight is 364 g/mol. The summed E-state index contributed by atoms with van der Waals surface area (Å²) in [5.41, 5.74) is -0.262. The third kappa shape index (κ3) is 4.01. The first kappa shape index (κ1) is 17.9. The van der Waals surface area contributed by atoms with E-state index in [1.54, 1.807) is 0 Å². The number of aliphatic hydroxyl groups is 1. The van der Waals surface area contributed by atoms with Crippen molar-refractivity contribution in [3.05, 3.63) is 24.5 Å². The Bertz CT molecular complexity index is 861. The van der Waals surface area contributed by atoms with Crippen LogP contribution in [0.1, 0.15) is 19.8 Å². The molecule has 2 heterocycles. The molecule has 1 aliphatic heterocycles. The minimum Gasteiger partial charge on any atom is -0.492 e. The molecule has 1 unspecified atom stereocenters. The molecule has 1 fully saturated rings. The van der Waals surface area contributed by atoms with Gasteiger partial charge in [-0.05, 0) is 31.9 Å². The Labute approximate surface area is 148 Å². The normalized spacial score (nSPS) is 19.6. The molecule has 25 heavy (non-hydrogen) atoms. The summed E-state index contributed by atoms with van der Waals surface area (Å²) in [7, 11) is -2.72. The number of benzene rings is 1. The molecule has 0 amide bonds. The van der Waals surface area contributed by atoms with Gasteiger partial charge in [0, 0.05) is 34.5 Å². The van der Waals surface area contributed by atoms with Crippen LogP contribution in [0.3, 0.4) is 0 Å². The van der Waals surface area contributed by atoms with Crippen LogP contribution in [0.2, 0.25) is 0 Å². The third-order valence-electron chi connectivity index (χ3n) is 4.44. The summed E-state index contributed by atoms with van der Waals surface area (Å²) in [5.74, 6) is 1.57. The minimum absolute atomic E-state index is 0.0207. The van der Waals surface area contributed by atoms with Crippen molar-refractivity contribution in [3.63, 3.8) is 0 Å². The van der Waals surface area contributed by atoms with E-state index in [9.17, 15) is 9.32 Å². The number of nitrogens with one attached hydrogen (secondary N) is 1. The first-order valence-corrected chi connectivity index (χ1v) is 10.5. The number of fused-ring (bicyclic) bond motifs is 1. The van der Waals surface area contributed by atoms with Gasteiger partial charge in [0.15, 0.2) is 0 Å². The van der Waals surface area contributed by atoms with Gasteiger partial charge < -0.3 is 14.7 Å². The lowest BCUT2D eigenvalue weighted by Gasteiger charge is -2.39. The first-order chi connectivity index (χ1) is 11.8. The number of ether oxygens (including phenoxy) is 1.